The van der Waals surface area contributed by atoms with Gasteiger partial charge in [0.05, 0.1) is 6.10 Å². The van der Waals surface area contributed by atoms with E-state index < -0.39 is 6.10 Å². The van der Waals surface area contributed by atoms with Gasteiger partial charge >= 0.3 is 0 Å². The first-order chi connectivity index (χ1) is 5.83. The van der Waals surface area contributed by atoms with Crippen molar-refractivity contribution in [3.8, 4) is 0 Å². The van der Waals surface area contributed by atoms with E-state index in [9.17, 15) is 0 Å². The molecular formula is C8H13N3O. The van der Waals surface area contributed by atoms with Crippen LogP contribution in [-0.2, 0) is 0 Å². The smallest absolute Gasteiger partial charge is 0.125 e. The number of aromatic nitrogens is 1. The standard InChI is InChI=1S/C8H13N3O/c9-5-7(12)6-11-8-3-1-2-4-10-8/h1-4,7,12H,5-6,9H2,(H,10,11). The van der Waals surface area contributed by atoms with E-state index in [0.717, 1.165) is 5.82 Å². The fraction of sp³-hybridized carbons (Fsp3) is 0.375. The molecule has 0 bridgehead atoms. The molecule has 0 saturated carbocycles. The van der Waals surface area contributed by atoms with Crippen LogP contribution >= 0.6 is 0 Å². The molecule has 0 fully saturated rings. The molecule has 4 heteroatoms. The van der Waals surface area contributed by atoms with E-state index in [0.29, 0.717) is 6.54 Å². The lowest BCUT2D eigenvalue weighted by molar-refractivity contribution is 0.196. The summed E-state index contributed by atoms with van der Waals surface area (Å²) in [6.45, 7) is 0.702. The summed E-state index contributed by atoms with van der Waals surface area (Å²) in [5.41, 5.74) is 5.23. The van der Waals surface area contributed by atoms with Gasteiger partial charge < -0.3 is 16.2 Å². The van der Waals surface area contributed by atoms with Crippen molar-refractivity contribution in [2.45, 2.75) is 6.10 Å². The lowest BCUT2D eigenvalue weighted by Gasteiger charge is -2.08. The number of nitrogens with two attached hydrogens (primary N) is 1. The molecule has 1 rings (SSSR count). The minimum absolute atomic E-state index is 0.264. The summed E-state index contributed by atoms with van der Waals surface area (Å²) in [5, 5.41) is 12.1. The van der Waals surface area contributed by atoms with Crippen molar-refractivity contribution in [2.75, 3.05) is 18.4 Å². The van der Waals surface area contributed by atoms with E-state index >= 15 is 0 Å². The van der Waals surface area contributed by atoms with Gasteiger partial charge in [-0.05, 0) is 12.1 Å². The zero-order valence-electron chi connectivity index (χ0n) is 6.77. The van der Waals surface area contributed by atoms with Crippen molar-refractivity contribution < 1.29 is 5.11 Å². The number of aliphatic hydroxyl groups is 1. The van der Waals surface area contributed by atoms with E-state index in [1.54, 1.807) is 6.20 Å². The molecule has 0 aliphatic carbocycles. The molecule has 4 N–H and O–H groups in total. The molecule has 1 heterocycles. The molecule has 0 aliphatic heterocycles. The van der Waals surface area contributed by atoms with Crippen molar-refractivity contribution in [1.29, 1.82) is 0 Å². The first-order valence-electron chi connectivity index (χ1n) is 3.86. The molecule has 0 spiro atoms. The van der Waals surface area contributed by atoms with Crippen LogP contribution in [0.25, 0.3) is 0 Å². The van der Waals surface area contributed by atoms with Crippen LogP contribution in [0.4, 0.5) is 5.82 Å². The van der Waals surface area contributed by atoms with E-state index in [1.807, 2.05) is 18.2 Å². The largest absolute Gasteiger partial charge is 0.390 e. The molecule has 0 saturated heterocycles. The van der Waals surface area contributed by atoms with Crippen LogP contribution in [0.1, 0.15) is 0 Å². The zero-order valence-corrected chi connectivity index (χ0v) is 6.77. The van der Waals surface area contributed by atoms with E-state index in [1.165, 1.54) is 0 Å². The topological polar surface area (TPSA) is 71.2 Å². The Bertz CT molecular complexity index is 215. The summed E-state index contributed by atoms with van der Waals surface area (Å²) in [5.74, 6) is 0.755. The number of hydrogen-bond donors (Lipinski definition) is 3. The summed E-state index contributed by atoms with van der Waals surface area (Å²) < 4.78 is 0. The number of anilines is 1. The Labute approximate surface area is 71.4 Å². The van der Waals surface area contributed by atoms with Crippen molar-refractivity contribution in [3.63, 3.8) is 0 Å². The Kier molecular flexibility index (Phi) is 3.50. The highest BCUT2D eigenvalue weighted by atomic mass is 16.3. The number of nitrogens with zero attached hydrogens (tertiary/aromatic N) is 1. The Balaban J connectivity index is 2.33. The van der Waals surface area contributed by atoms with Crippen LogP contribution in [-0.4, -0.2) is 29.3 Å². The first-order valence-corrected chi connectivity index (χ1v) is 3.86. The van der Waals surface area contributed by atoms with Gasteiger partial charge in [0, 0.05) is 19.3 Å². The van der Waals surface area contributed by atoms with Crippen LogP contribution in [0.15, 0.2) is 24.4 Å². The number of aliphatic hydroxyl groups excluding tert-OH is 1. The lowest BCUT2D eigenvalue weighted by Crippen LogP contribution is -2.27. The fourth-order valence-electron chi connectivity index (χ4n) is 0.773. The summed E-state index contributed by atoms with van der Waals surface area (Å²) in [6, 6.07) is 5.55. The number of rotatable bonds is 4. The predicted molar refractivity (Wildman–Crippen MR) is 47.8 cm³/mol. The maximum Gasteiger partial charge on any atom is 0.125 e. The molecule has 0 amide bonds. The third kappa shape index (κ3) is 2.86. The summed E-state index contributed by atoms with van der Waals surface area (Å²) in [7, 11) is 0. The Morgan fingerprint density at radius 3 is 3.00 bits per heavy atom. The van der Waals surface area contributed by atoms with Crippen LogP contribution < -0.4 is 11.1 Å². The molecule has 4 nitrogen and oxygen atoms in total. The van der Waals surface area contributed by atoms with Crippen molar-refractivity contribution in [2.24, 2.45) is 5.73 Å². The summed E-state index contributed by atoms with van der Waals surface area (Å²) in [6.07, 6.45) is 1.18. The number of pyridine rings is 1. The van der Waals surface area contributed by atoms with Gasteiger partial charge in [-0.25, -0.2) is 4.98 Å². The third-order valence-electron chi connectivity index (χ3n) is 1.46. The minimum Gasteiger partial charge on any atom is -0.390 e. The normalized spacial score (nSPS) is 12.5. The SMILES string of the molecule is NCC(O)CNc1ccccn1. The minimum atomic E-state index is -0.507. The molecule has 0 radical (unpaired) electrons. The monoisotopic (exact) mass is 167 g/mol. The molecule has 0 aromatic carbocycles. The maximum atomic E-state index is 9.10. The van der Waals surface area contributed by atoms with Gasteiger partial charge in [-0.2, -0.15) is 0 Å². The molecule has 66 valence electrons. The fourth-order valence-corrected chi connectivity index (χ4v) is 0.773. The molecule has 0 aliphatic rings. The second kappa shape index (κ2) is 4.69. The van der Waals surface area contributed by atoms with Crippen molar-refractivity contribution in [3.05, 3.63) is 24.4 Å². The van der Waals surface area contributed by atoms with Crippen molar-refractivity contribution in [1.82, 2.24) is 4.98 Å². The first kappa shape index (κ1) is 8.96. The Hall–Kier alpha value is -1.13. The second-order valence-electron chi connectivity index (χ2n) is 2.49. The van der Waals surface area contributed by atoms with E-state index in [-0.39, 0.29) is 6.54 Å². The van der Waals surface area contributed by atoms with Gasteiger partial charge in [0.25, 0.3) is 0 Å². The van der Waals surface area contributed by atoms with Gasteiger partial charge in [0.2, 0.25) is 0 Å². The number of nitrogens with one attached hydrogen (secondary N) is 1. The van der Waals surface area contributed by atoms with Gasteiger partial charge in [0.15, 0.2) is 0 Å². The van der Waals surface area contributed by atoms with Crippen LogP contribution in [0, 0.1) is 0 Å². The third-order valence-corrected chi connectivity index (χ3v) is 1.46. The van der Waals surface area contributed by atoms with Crippen LogP contribution in [0.3, 0.4) is 0 Å². The average Bonchev–Trinajstić information content (AvgIpc) is 2.16. The summed E-state index contributed by atoms with van der Waals surface area (Å²) in [4.78, 5) is 4.02. The molecule has 1 unspecified atom stereocenters. The number of hydrogen-bond acceptors (Lipinski definition) is 4. The van der Waals surface area contributed by atoms with E-state index in [2.05, 4.69) is 10.3 Å². The van der Waals surface area contributed by atoms with Crippen molar-refractivity contribution >= 4 is 5.82 Å². The lowest BCUT2D eigenvalue weighted by atomic mass is 10.3. The highest BCUT2D eigenvalue weighted by Crippen LogP contribution is 1.98. The Morgan fingerprint density at radius 1 is 1.58 bits per heavy atom. The molecular weight excluding hydrogens is 154 g/mol. The highest BCUT2D eigenvalue weighted by molar-refractivity contribution is 5.33. The Morgan fingerprint density at radius 2 is 2.42 bits per heavy atom. The van der Waals surface area contributed by atoms with E-state index in [4.69, 9.17) is 10.8 Å². The van der Waals surface area contributed by atoms with Gasteiger partial charge in [-0.3, -0.25) is 0 Å². The molecule has 1 aromatic rings. The van der Waals surface area contributed by atoms with Crippen LogP contribution in [0.2, 0.25) is 0 Å². The predicted octanol–water partition coefficient (Wildman–Crippen LogP) is -0.187. The van der Waals surface area contributed by atoms with Gasteiger partial charge in [0.1, 0.15) is 5.82 Å². The second-order valence-corrected chi connectivity index (χ2v) is 2.49. The van der Waals surface area contributed by atoms with Gasteiger partial charge in [-0.15, -0.1) is 0 Å². The van der Waals surface area contributed by atoms with Crippen LogP contribution in [0.5, 0.6) is 0 Å². The highest BCUT2D eigenvalue weighted by Gasteiger charge is 1.99. The molecule has 1 atom stereocenters. The molecule has 12 heavy (non-hydrogen) atoms. The maximum absolute atomic E-state index is 9.10. The zero-order chi connectivity index (χ0) is 8.81. The molecule has 1 aromatic heterocycles. The van der Waals surface area contributed by atoms with Gasteiger partial charge in [-0.1, -0.05) is 6.07 Å². The quantitative estimate of drug-likeness (QED) is 0.581. The average molecular weight is 167 g/mol. The summed E-state index contributed by atoms with van der Waals surface area (Å²) >= 11 is 0.